The molecule has 2 saturated heterocycles. The lowest BCUT2D eigenvalue weighted by atomic mass is 10.1. The zero-order chi connectivity index (χ0) is 16.8. The summed E-state index contributed by atoms with van der Waals surface area (Å²) < 4.78 is 5.99. The van der Waals surface area contributed by atoms with Gasteiger partial charge >= 0.3 is 0 Å². The van der Waals surface area contributed by atoms with Crippen molar-refractivity contribution in [2.45, 2.75) is 44.8 Å². The van der Waals surface area contributed by atoms with E-state index >= 15 is 0 Å². The van der Waals surface area contributed by atoms with Crippen LogP contribution >= 0.6 is 0 Å². The summed E-state index contributed by atoms with van der Waals surface area (Å²) in [5, 5.41) is 0. The summed E-state index contributed by atoms with van der Waals surface area (Å²) >= 11 is 0. The lowest BCUT2D eigenvalue weighted by Crippen LogP contribution is -2.44. The van der Waals surface area contributed by atoms with Crippen LogP contribution in [0.5, 0.6) is 0 Å². The zero-order valence-corrected chi connectivity index (χ0v) is 14.2. The molecule has 24 heavy (non-hydrogen) atoms. The van der Waals surface area contributed by atoms with Crippen molar-refractivity contribution >= 4 is 11.8 Å². The second-order valence-corrected chi connectivity index (χ2v) is 6.63. The first-order valence-corrected chi connectivity index (χ1v) is 8.93. The maximum atomic E-state index is 12.4. The minimum absolute atomic E-state index is 0.108. The van der Waals surface area contributed by atoms with E-state index in [0.717, 1.165) is 37.9 Å². The largest absolute Gasteiger partial charge is 0.372 e. The fourth-order valence-corrected chi connectivity index (χ4v) is 3.42. The number of rotatable bonds is 6. The van der Waals surface area contributed by atoms with E-state index < -0.39 is 0 Å². The molecule has 2 heterocycles. The van der Waals surface area contributed by atoms with E-state index in [-0.39, 0.29) is 17.9 Å². The van der Waals surface area contributed by atoms with E-state index in [0.29, 0.717) is 32.5 Å². The van der Waals surface area contributed by atoms with Gasteiger partial charge in [-0.2, -0.15) is 0 Å². The molecule has 0 N–H and O–H groups in total. The van der Waals surface area contributed by atoms with Crippen LogP contribution in [0.2, 0.25) is 0 Å². The Bertz CT molecular complexity index is 561. The Morgan fingerprint density at radius 1 is 1.17 bits per heavy atom. The van der Waals surface area contributed by atoms with Crippen molar-refractivity contribution in [1.82, 2.24) is 9.80 Å². The van der Waals surface area contributed by atoms with Crippen LogP contribution in [-0.2, 0) is 20.9 Å². The van der Waals surface area contributed by atoms with Gasteiger partial charge in [-0.1, -0.05) is 30.3 Å². The van der Waals surface area contributed by atoms with Crippen LogP contribution in [-0.4, -0.2) is 53.9 Å². The van der Waals surface area contributed by atoms with Gasteiger partial charge in [0.2, 0.25) is 11.8 Å². The molecular formula is C19H26N2O3. The smallest absolute Gasteiger partial charge is 0.224 e. The molecule has 1 atom stereocenters. The monoisotopic (exact) mass is 330 g/mol. The number of carbonyl (C=O) groups is 2. The molecule has 0 radical (unpaired) electrons. The maximum absolute atomic E-state index is 12.4. The second kappa shape index (κ2) is 8.29. The Morgan fingerprint density at radius 3 is 2.75 bits per heavy atom. The Balaban J connectivity index is 1.42. The Kier molecular flexibility index (Phi) is 5.86. The predicted molar refractivity (Wildman–Crippen MR) is 91.3 cm³/mol. The summed E-state index contributed by atoms with van der Waals surface area (Å²) in [6, 6.07) is 10.1. The normalized spacial score (nSPS) is 21.3. The van der Waals surface area contributed by atoms with Gasteiger partial charge in [0, 0.05) is 39.0 Å². The molecule has 2 amide bonds. The zero-order valence-electron chi connectivity index (χ0n) is 14.2. The molecule has 0 unspecified atom stereocenters. The minimum atomic E-state index is 0.108. The van der Waals surface area contributed by atoms with E-state index in [2.05, 4.69) is 12.1 Å². The molecule has 0 aliphatic carbocycles. The number of nitrogens with zero attached hydrogens (tertiary/aromatic N) is 2. The average molecular weight is 330 g/mol. The fourth-order valence-electron chi connectivity index (χ4n) is 3.42. The first-order valence-electron chi connectivity index (χ1n) is 8.93. The molecule has 2 fully saturated rings. The van der Waals surface area contributed by atoms with Gasteiger partial charge in [-0.25, -0.2) is 0 Å². The molecule has 0 aromatic heterocycles. The van der Waals surface area contributed by atoms with Gasteiger partial charge in [-0.05, 0) is 24.8 Å². The van der Waals surface area contributed by atoms with Crippen LogP contribution in [0.1, 0.15) is 37.7 Å². The molecule has 3 rings (SSSR count). The summed E-state index contributed by atoms with van der Waals surface area (Å²) in [4.78, 5) is 27.7. The van der Waals surface area contributed by atoms with Crippen molar-refractivity contribution in [1.29, 1.82) is 0 Å². The maximum Gasteiger partial charge on any atom is 0.224 e. The molecule has 5 nitrogen and oxygen atoms in total. The summed E-state index contributed by atoms with van der Waals surface area (Å²) in [5.41, 5.74) is 1.16. The van der Waals surface area contributed by atoms with Crippen LogP contribution in [0.25, 0.3) is 0 Å². The van der Waals surface area contributed by atoms with Crippen molar-refractivity contribution < 1.29 is 14.3 Å². The van der Waals surface area contributed by atoms with Crippen molar-refractivity contribution in [3.05, 3.63) is 35.9 Å². The summed E-state index contributed by atoms with van der Waals surface area (Å²) in [6.45, 7) is 3.42. The van der Waals surface area contributed by atoms with Crippen LogP contribution in [0.3, 0.4) is 0 Å². The van der Waals surface area contributed by atoms with E-state index in [9.17, 15) is 9.59 Å². The first-order chi connectivity index (χ1) is 11.7. The molecule has 2 aliphatic heterocycles. The van der Waals surface area contributed by atoms with Gasteiger partial charge in [-0.3, -0.25) is 9.59 Å². The van der Waals surface area contributed by atoms with Gasteiger partial charge < -0.3 is 14.5 Å². The molecule has 2 aliphatic rings. The van der Waals surface area contributed by atoms with E-state index in [4.69, 9.17) is 4.74 Å². The van der Waals surface area contributed by atoms with Crippen LogP contribution in [0.4, 0.5) is 0 Å². The van der Waals surface area contributed by atoms with Gasteiger partial charge in [0.05, 0.1) is 12.7 Å². The molecule has 5 heteroatoms. The first kappa shape index (κ1) is 17.0. The number of hydrogen-bond donors (Lipinski definition) is 0. The summed E-state index contributed by atoms with van der Waals surface area (Å²) in [7, 11) is 0. The molecule has 1 aromatic carbocycles. The number of piperidine rings is 1. The SMILES string of the molecule is O=C1CCCN1CCC(=O)N1CCC[C@H](OCc2ccccc2)C1. The predicted octanol–water partition coefficient (Wildman–Crippen LogP) is 2.21. The molecule has 0 saturated carbocycles. The Morgan fingerprint density at radius 2 is 2.00 bits per heavy atom. The highest BCUT2D eigenvalue weighted by Crippen LogP contribution is 2.17. The quantitative estimate of drug-likeness (QED) is 0.803. The van der Waals surface area contributed by atoms with Crippen molar-refractivity contribution in [3.63, 3.8) is 0 Å². The Labute approximate surface area is 143 Å². The third-order valence-electron chi connectivity index (χ3n) is 4.83. The van der Waals surface area contributed by atoms with Crippen molar-refractivity contribution in [2.75, 3.05) is 26.2 Å². The highest BCUT2D eigenvalue weighted by atomic mass is 16.5. The highest BCUT2D eigenvalue weighted by Gasteiger charge is 2.26. The van der Waals surface area contributed by atoms with Gasteiger partial charge in [0.15, 0.2) is 0 Å². The standard InChI is InChI=1S/C19H26N2O3/c22-18-9-5-11-20(18)13-10-19(23)21-12-4-8-17(14-21)24-15-16-6-2-1-3-7-16/h1-3,6-7,17H,4-5,8-15H2/t17-/m0/s1. The topological polar surface area (TPSA) is 49.9 Å². The Hall–Kier alpha value is -1.88. The second-order valence-electron chi connectivity index (χ2n) is 6.63. The van der Waals surface area contributed by atoms with Crippen molar-refractivity contribution in [2.24, 2.45) is 0 Å². The lowest BCUT2D eigenvalue weighted by Gasteiger charge is -2.33. The molecule has 0 bridgehead atoms. The third-order valence-corrected chi connectivity index (χ3v) is 4.83. The minimum Gasteiger partial charge on any atom is -0.372 e. The third kappa shape index (κ3) is 4.57. The highest BCUT2D eigenvalue weighted by molar-refractivity contribution is 5.80. The van der Waals surface area contributed by atoms with E-state index in [1.54, 1.807) is 0 Å². The summed E-state index contributed by atoms with van der Waals surface area (Å²) in [6.07, 6.45) is 4.07. The summed E-state index contributed by atoms with van der Waals surface area (Å²) in [5.74, 6) is 0.327. The number of carbonyl (C=O) groups excluding carboxylic acids is 2. The van der Waals surface area contributed by atoms with Gasteiger partial charge in [-0.15, -0.1) is 0 Å². The molecule has 0 spiro atoms. The van der Waals surface area contributed by atoms with Crippen molar-refractivity contribution in [3.8, 4) is 0 Å². The van der Waals surface area contributed by atoms with Gasteiger partial charge in [0.1, 0.15) is 0 Å². The number of ether oxygens (including phenoxy) is 1. The van der Waals surface area contributed by atoms with Crippen LogP contribution in [0, 0.1) is 0 Å². The number of amides is 2. The number of benzene rings is 1. The van der Waals surface area contributed by atoms with E-state index in [1.165, 1.54) is 0 Å². The van der Waals surface area contributed by atoms with Crippen LogP contribution in [0.15, 0.2) is 30.3 Å². The molecule has 130 valence electrons. The fraction of sp³-hybridized carbons (Fsp3) is 0.579. The average Bonchev–Trinajstić information content (AvgIpc) is 3.04. The van der Waals surface area contributed by atoms with E-state index in [1.807, 2.05) is 28.0 Å². The number of hydrogen-bond acceptors (Lipinski definition) is 3. The lowest BCUT2D eigenvalue weighted by molar-refractivity contribution is -0.136. The molecular weight excluding hydrogens is 304 g/mol. The van der Waals surface area contributed by atoms with Crippen LogP contribution < -0.4 is 0 Å². The van der Waals surface area contributed by atoms with Gasteiger partial charge in [0.25, 0.3) is 0 Å². The molecule has 1 aromatic rings. The number of likely N-dealkylation sites (tertiary alicyclic amines) is 2.